The summed E-state index contributed by atoms with van der Waals surface area (Å²) in [5.41, 5.74) is 2.92. The Morgan fingerprint density at radius 1 is 1.04 bits per heavy atom. The van der Waals surface area contributed by atoms with E-state index in [2.05, 4.69) is 4.99 Å². The van der Waals surface area contributed by atoms with Crippen LogP contribution >= 0.6 is 0 Å². The first-order chi connectivity index (χ1) is 13.4. The minimum atomic E-state index is -0.548. The molecule has 0 fully saturated rings. The molecule has 28 heavy (non-hydrogen) atoms. The predicted octanol–water partition coefficient (Wildman–Crippen LogP) is 3.94. The fourth-order valence-corrected chi connectivity index (χ4v) is 2.52. The molecule has 0 amide bonds. The topological polar surface area (TPSA) is 74.2 Å². The molecule has 1 heterocycles. The van der Waals surface area contributed by atoms with E-state index in [4.69, 9.17) is 14.2 Å². The van der Waals surface area contributed by atoms with E-state index in [-0.39, 0.29) is 17.3 Å². The third-order valence-corrected chi connectivity index (χ3v) is 3.88. The van der Waals surface area contributed by atoms with E-state index in [1.165, 1.54) is 19.6 Å². The van der Waals surface area contributed by atoms with Crippen molar-refractivity contribution in [2.45, 2.75) is 13.8 Å². The SMILES string of the molecule is COc1ccc(C=C2N=C(C=Cc3ccc(C)cc3)OC2=O)cc1OC(C)=O. The Balaban J connectivity index is 1.82. The van der Waals surface area contributed by atoms with Gasteiger partial charge in [-0.25, -0.2) is 9.79 Å². The molecule has 0 saturated heterocycles. The summed E-state index contributed by atoms with van der Waals surface area (Å²) in [5.74, 6) is -0.125. The van der Waals surface area contributed by atoms with Crippen LogP contribution in [0, 0.1) is 6.92 Å². The van der Waals surface area contributed by atoms with Crippen molar-refractivity contribution in [3.05, 3.63) is 70.9 Å². The normalized spacial score (nSPS) is 14.9. The van der Waals surface area contributed by atoms with Gasteiger partial charge in [0.25, 0.3) is 0 Å². The summed E-state index contributed by atoms with van der Waals surface area (Å²) in [6.45, 7) is 3.31. The number of cyclic esters (lactones) is 1. The molecule has 0 bridgehead atoms. The highest BCUT2D eigenvalue weighted by Gasteiger charge is 2.21. The predicted molar refractivity (Wildman–Crippen MR) is 106 cm³/mol. The number of rotatable bonds is 5. The number of methoxy groups -OCH3 is 1. The lowest BCUT2D eigenvalue weighted by Gasteiger charge is -2.08. The molecule has 0 radical (unpaired) electrons. The van der Waals surface area contributed by atoms with Gasteiger partial charge in [-0.05, 0) is 42.3 Å². The maximum absolute atomic E-state index is 12.1. The van der Waals surface area contributed by atoms with Gasteiger partial charge in [0, 0.05) is 13.0 Å². The lowest BCUT2D eigenvalue weighted by molar-refractivity contribution is -0.132. The molecule has 0 saturated carbocycles. The van der Waals surface area contributed by atoms with Crippen LogP contribution in [0.3, 0.4) is 0 Å². The highest BCUT2D eigenvalue weighted by atomic mass is 16.6. The molecular formula is C22H19NO5. The Kier molecular flexibility index (Phi) is 5.69. The summed E-state index contributed by atoms with van der Waals surface area (Å²) in [5, 5.41) is 0. The number of benzene rings is 2. The molecule has 0 spiro atoms. The van der Waals surface area contributed by atoms with Gasteiger partial charge in [0.1, 0.15) is 0 Å². The van der Waals surface area contributed by atoms with Crippen LogP contribution in [0.1, 0.15) is 23.6 Å². The van der Waals surface area contributed by atoms with Crippen molar-refractivity contribution in [2.24, 2.45) is 4.99 Å². The Labute approximate surface area is 162 Å². The lowest BCUT2D eigenvalue weighted by Crippen LogP contribution is -2.03. The highest BCUT2D eigenvalue weighted by Crippen LogP contribution is 2.29. The summed E-state index contributed by atoms with van der Waals surface area (Å²) in [6.07, 6.45) is 5.02. The largest absolute Gasteiger partial charge is 0.493 e. The molecule has 0 unspecified atom stereocenters. The molecular weight excluding hydrogens is 358 g/mol. The molecule has 6 nitrogen and oxygen atoms in total. The quantitative estimate of drug-likeness (QED) is 0.448. The molecule has 2 aromatic carbocycles. The number of aryl methyl sites for hydroxylation is 1. The van der Waals surface area contributed by atoms with E-state index >= 15 is 0 Å². The standard InChI is InChI=1S/C22H19NO5/c1-14-4-6-16(7-5-14)9-11-21-23-18(22(25)28-21)12-17-8-10-19(26-3)20(13-17)27-15(2)24/h4-13H,1-3H3. The van der Waals surface area contributed by atoms with Gasteiger partial charge < -0.3 is 14.2 Å². The minimum Gasteiger partial charge on any atom is -0.493 e. The van der Waals surface area contributed by atoms with Gasteiger partial charge >= 0.3 is 11.9 Å². The first kappa shape index (κ1) is 19.1. The number of hydrogen-bond donors (Lipinski definition) is 0. The van der Waals surface area contributed by atoms with Crippen molar-refractivity contribution in [1.29, 1.82) is 0 Å². The van der Waals surface area contributed by atoms with Gasteiger partial charge in [0.2, 0.25) is 5.90 Å². The number of nitrogens with zero attached hydrogens (tertiary/aromatic N) is 1. The van der Waals surface area contributed by atoms with Crippen LogP contribution in [0.2, 0.25) is 0 Å². The minimum absolute atomic E-state index is 0.155. The van der Waals surface area contributed by atoms with E-state index in [0.29, 0.717) is 11.3 Å². The van der Waals surface area contributed by atoms with E-state index in [9.17, 15) is 9.59 Å². The summed E-state index contributed by atoms with van der Waals surface area (Å²) in [4.78, 5) is 27.5. The molecule has 142 valence electrons. The maximum atomic E-state index is 12.1. The Morgan fingerprint density at radius 3 is 2.43 bits per heavy atom. The first-order valence-electron chi connectivity index (χ1n) is 8.58. The third kappa shape index (κ3) is 4.73. The van der Waals surface area contributed by atoms with Crippen molar-refractivity contribution < 1.29 is 23.8 Å². The number of aliphatic imine (C=N–C) groups is 1. The molecule has 3 rings (SSSR count). The zero-order chi connectivity index (χ0) is 20.1. The second-order valence-electron chi connectivity index (χ2n) is 6.12. The van der Waals surface area contributed by atoms with Crippen LogP contribution in [-0.2, 0) is 14.3 Å². The summed E-state index contributed by atoms with van der Waals surface area (Å²) < 4.78 is 15.5. The number of esters is 2. The van der Waals surface area contributed by atoms with Crippen molar-refractivity contribution >= 4 is 30.0 Å². The van der Waals surface area contributed by atoms with E-state index < -0.39 is 11.9 Å². The number of carbonyl (C=O) groups is 2. The van der Waals surface area contributed by atoms with Gasteiger partial charge in [-0.15, -0.1) is 0 Å². The fourth-order valence-electron chi connectivity index (χ4n) is 2.52. The van der Waals surface area contributed by atoms with Crippen LogP contribution in [0.4, 0.5) is 0 Å². The van der Waals surface area contributed by atoms with Crippen molar-refractivity contribution in [3.8, 4) is 11.5 Å². The Hall–Kier alpha value is -3.67. The van der Waals surface area contributed by atoms with Gasteiger partial charge in [0.15, 0.2) is 17.2 Å². The van der Waals surface area contributed by atoms with Gasteiger partial charge in [-0.1, -0.05) is 35.9 Å². The zero-order valence-corrected chi connectivity index (χ0v) is 15.8. The summed E-state index contributed by atoms with van der Waals surface area (Å²) >= 11 is 0. The third-order valence-electron chi connectivity index (χ3n) is 3.88. The Bertz CT molecular complexity index is 1000. The Morgan fingerprint density at radius 2 is 1.75 bits per heavy atom. The molecule has 0 atom stereocenters. The van der Waals surface area contributed by atoms with Crippen LogP contribution in [-0.4, -0.2) is 24.9 Å². The molecule has 0 N–H and O–H groups in total. The van der Waals surface area contributed by atoms with Crippen LogP contribution < -0.4 is 9.47 Å². The zero-order valence-electron chi connectivity index (χ0n) is 15.8. The van der Waals surface area contributed by atoms with E-state index in [1.807, 2.05) is 37.3 Å². The molecule has 0 aliphatic carbocycles. The molecule has 2 aromatic rings. The van der Waals surface area contributed by atoms with Crippen molar-refractivity contribution in [3.63, 3.8) is 0 Å². The van der Waals surface area contributed by atoms with Crippen LogP contribution in [0.15, 0.2) is 59.2 Å². The second kappa shape index (κ2) is 8.35. The van der Waals surface area contributed by atoms with Crippen molar-refractivity contribution in [1.82, 2.24) is 0 Å². The van der Waals surface area contributed by atoms with Gasteiger partial charge in [-0.2, -0.15) is 0 Å². The average Bonchev–Trinajstić information content (AvgIpc) is 3.00. The molecule has 1 aliphatic rings. The lowest BCUT2D eigenvalue weighted by atomic mass is 10.1. The first-order valence-corrected chi connectivity index (χ1v) is 8.58. The second-order valence-corrected chi connectivity index (χ2v) is 6.12. The van der Waals surface area contributed by atoms with Crippen molar-refractivity contribution in [2.75, 3.05) is 7.11 Å². The number of ether oxygens (including phenoxy) is 3. The maximum Gasteiger partial charge on any atom is 0.363 e. The van der Waals surface area contributed by atoms with Gasteiger partial charge in [-0.3, -0.25) is 4.79 Å². The van der Waals surface area contributed by atoms with Crippen LogP contribution in [0.5, 0.6) is 11.5 Å². The number of carbonyl (C=O) groups excluding carboxylic acids is 2. The highest BCUT2D eigenvalue weighted by molar-refractivity contribution is 6.11. The molecule has 1 aliphatic heterocycles. The van der Waals surface area contributed by atoms with E-state index in [1.54, 1.807) is 30.4 Å². The summed E-state index contributed by atoms with van der Waals surface area (Å²) in [6, 6.07) is 12.9. The average molecular weight is 377 g/mol. The smallest absolute Gasteiger partial charge is 0.363 e. The monoisotopic (exact) mass is 377 g/mol. The van der Waals surface area contributed by atoms with Crippen LogP contribution in [0.25, 0.3) is 12.2 Å². The fraction of sp³-hybridized carbons (Fsp3) is 0.136. The number of hydrogen-bond acceptors (Lipinski definition) is 6. The van der Waals surface area contributed by atoms with E-state index in [0.717, 1.165) is 5.56 Å². The molecule has 6 heteroatoms. The molecule has 0 aromatic heterocycles. The summed E-state index contributed by atoms with van der Waals surface area (Å²) in [7, 11) is 1.48. The van der Waals surface area contributed by atoms with Gasteiger partial charge in [0.05, 0.1) is 7.11 Å².